The van der Waals surface area contributed by atoms with Gasteiger partial charge in [-0.15, -0.1) is 0 Å². The highest BCUT2D eigenvalue weighted by atomic mass is 19.4. The maximum Gasteiger partial charge on any atom is 0.392 e. The van der Waals surface area contributed by atoms with Gasteiger partial charge in [0.15, 0.2) is 0 Å². The Labute approximate surface area is 136 Å². The van der Waals surface area contributed by atoms with Crippen molar-refractivity contribution < 1.29 is 27.6 Å². The Morgan fingerprint density at radius 2 is 2.00 bits per heavy atom. The molecule has 1 aliphatic carbocycles. The van der Waals surface area contributed by atoms with E-state index in [1.807, 2.05) is 0 Å². The Morgan fingerprint density at radius 1 is 1.33 bits per heavy atom. The quantitative estimate of drug-likeness (QED) is 0.662. The predicted octanol–water partition coefficient (Wildman–Crippen LogP) is 3.91. The molecule has 1 amide bonds. The van der Waals surface area contributed by atoms with Gasteiger partial charge in [-0.2, -0.15) is 13.2 Å². The zero-order valence-corrected chi connectivity index (χ0v) is 12.9. The van der Waals surface area contributed by atoms with Crippen LogP contribution in [0.15, 0.2) is 18.2 Å². The fourth-order valence-corrected chi connectivity index (χ4v) is 2.97. The van der Waals surface area contributed by atoms with Gasteiger partial charge in [-0.25, -0.2) is 0 Å². The first kappa shape index (κ1) is 18.0. The number of benzene rings is 1. The van der Waals surface area contributed by atoms with Crippen LogP contribution in [0, 0.1) is 22.0 Å². The average molecular weight is 346 g/mol. The molecular weight excluding hydrogens is 329 g/mol. The molecule has 0 radical (unpaired) electrons. The summed E-state index contributed by atoms with van der Waals surface area (Å²) in [4.78, 5) is 22.5. The summed E-state index contributed by atoms with van der Waals surface area (Å²) in [6.45, 7) is 0. The van der Waals surface area contributed by atoms with Gasteiger partial charge in [0.2, 0.25) is 5.91 Å². The highest BCUT2D eigenvalue weighted by Gasteiger charge is 2.48. The smallest absolute Gasteiger partial charge is 0.392 e. The van der Waals surface area contributed by atoms with Crippen LogP contribution in [0.25, 0.3) is 0 Å². The molecule has 0 aromatic heterocycles. The topological polar surface area (TPSA) is 81.5 Å². The van der Waals surface area contributed by atoms with E-state index < -0.39 is 28.8 Å². The number of halogens is 3. The van der Waals surface area contributed by atoms with Crippen molar-refractivity contribution in [3.8, 4) is 5.75 Å². The van der Waals surface area contributed by atoms with E-state index in [9.17, 15) is 28.1 Å². The summed E-state index contributed by atoms with van der Waals surface area (Å²) >= 11 is 0. The number of alkyl halides is 3. The molecule has 24 heavy (non-hydrogen) atoms. The minimum atomic E-state index is -4.45. The van der Waals surface area contributed by atoms with Crippen molar-refractivity contribution in [2.45, 2.75) is 31.9 Å². The number of nitrogens with zero attached hydrogens (tertiary/aromatic N) is 1. The lowest BCUT2D eigenvalue weighted by Crippen LogP contribution is -2.39. The van der Waals surface area contributed by atoms with Gasteiger partial charge in [-0.3, -0.25) is 14.9 Å². The molecule has 6 nitrogen and oxygen atoms in total. The minimum absolute atomic E-state index is 0.0109. The lowest BCUT2D eigenvalue weighted by molar-refractivity contribution is -0.384. The highest BCUT2D eigenvalue weighted by molar-refractivity contribution is 5.94. The van der Waals surface area contributed by atoms with E-state index in [2.05, 4.69) is 5.32 Å². The maximum absolute atomic E-state index is 13.1. The third-order valence-electron chi connectivity index (χ3n) is 4.17. The van der Waals surface area contributed by atoms with E-state index in [4.69, 9.17) is 4.74 Å². The molecule has 1 aliphatic rings. The van der Waals surface area contributed by atoms with Crippen LogP contribution in [0.2, 0.25) is 0 Å². The van der Waals surface area contributed by atoms with Crippen LogP contribution in [0.3, 0.4) is 0 Å². The predicted molar refractivity (Wildman–Crippen MR) is 79.8 cm³/mol. The Morgan fingerprint density at radius 3 is 2.58 bits per heavy atom. The molecule has 132 valence electrons. The van der Waals surface area contributed by atoms with E-state index in [1.54, 1.807) is 0 Å². The first-order valence-electron chi connectivity index (χ1n) is 7.44. The van der Waals surface area contributed by atoms with E-state index >= 15 is 0 Å². The number of methoxy groups -OCH3 is 1. The molecule has 0 unspecified atom stereocenters. The van der Waals surface area contributed by atoms with E-state index in [1.165, 1.54) is 19.2 Å². The van der Waals surface area contributed by atoms with Crippen molar-refractivity contribution >= 4 is 17.3 Å². The molecule has 2 atom stereocenters. The first-order chi connectivity index (χ1) is 11.2. The van der Waals surface area contributed by atoms with E-state index in [0.717, 1.165) is 6.07 Å². The number of ether oxygens (including phenoxy) is 1. The molecule has 9 heteroatoms. The van der Waals surface area contributed by atoms with Crippen molar-refractivity contribution in [3.05, 3.63) is 28.3 Å². The zero-order valence-electron chi connectivity index (χ0n) is 12.9. The number of non-ortho nitro benzene ring substituents is 1. The molecule has 1 aromatic carbocycles. The number of anilines is 1. The third kappa shape index (κ3) is 3.95. The number of carbonyl (C=O) groups is 1. The molecular formula is C15H17F3N2O4. The second-order valence-corrected chi connectivity index (χ2v) is 5.67. The van der Waals surface area contributed by atoms with Crippen LogP contribution in [0.1, 0.15) is 25.7 Å². The van der Waals surface area contributed by atoms with Gasteiger partial charge < -0.3 is 10.1 Å². The molecule has 1 N–H and O–H groups in total. The van der Waals surface area contributed by atoms with Crippen molar-refractivity contribution in [1.82, 2.24) is 0 Å². The summed E-state index contributed by atoms with van der Waals surface area (Å²) in [5.74, 6) is -3.55. The van der Waals surface area contributed by atoms with Crippen LogP contribution in [-0.4, -0.2) is 24.1 Å². The number of nitro benzene ring substituents is 1. The number of nitrogens with one attached hydrogen (secondary N) is 1. The SMILES string of the molecule is COc1ccc([N+](=O)[O-])cc1NC(=O)[C@H]1CCCC[C@@H]1C(F)(F)F. The number of amides is 1. The fraction of sp³-hybridized carbons (Fsp3) is 0.533. The van der Waals surface area contributed by atoms with Gasteiger partial charge >= 0.3 is 6.18 Å². The van der Waals surface area contributed by atoms with E-state index in [-0.39, 0.29) is 30.0 Å². The second-order valence-electron chi connectivity index (χ2n) is 5.67. The average Bonchev–Trinajstić information content (AvgIpc) is 2.53. The van der Waals surface area contributed by atoms with Crippen LogP contribution in [0.4, 0.5) is 24.5 Å². The van der Waals surface area contributed by atoms with Gasteiger partial charge in [0.25, 0.3) is 5.69 Å². The number of carbonyl (C=O) groups excluding carboxylic acids is 1. The Balaban J connectivity index is 2.24. The molecule has 0 spiro atoms. The summed E-state index contributed by atoms with van der Waals surface area (Å²) in [6, 6.07) is 3.55. The lowest BCUT2D eigenvalue weighted by atomic mass is 9.78. The minimum Gasteiger partial charge on any atom is -0.495 e. The van der Waals surface area contributed by atoms with Crippen molar-refractivity contribution in [2.24, 2.45) is 11.8 Å². The van der Waals surface area contributed by atoms with Gasteiger partial charge in [-0.1, -0.05) is 12.8 Å². The number of hydrogen-bond acceptors (Lipinski definition) is 4. The zero-order chi connectivity index (χ0) is 17.9. The number of nitro groups is 1. The summed E-state index contributed by atoms with van der Waals surface area (Å²) in [6.07, 6.45) is -3.44. The van der Waals surface area contributed by atoms with Crippen LogP contribution in [0.5, 0.6) is 5.75 Å². The molecule has 1 aromatic rings. The molecule has 0 saturated heterocycles. The molecule has 0 aliphatic heterocycles. The molecule has 0 bridgehead atoms. The Kier molecular flexibility index (Phi) is 5.30. The first-order valence-corrected chi connectivity index (χ1v) is 7.44. The highest BCUT2D eigenvalue weighted by Crippen LogP contribution is 2.42. The van der Waals surface area contributed by atoms with Gasteiger partial charge in [0.1, 0.15) is 5.75 Å². The normalized spacial score (nSPS) is 21.2. The number of rotatable bonds is 4. The number of hydrogen-bond donors (Lipinski definition) is 1. The summed E-state index contributed by atoms with van der Waals surface area (Å²) in [5, 5.41) is 13.2. The fourth-order valence-electron chi connectivity index (χ4n) is 2.97. The summed E-state index contributed by atoms with van der Waals surface area (Å²) in [5.41, 5.74) is -0.301. The largest absolute Gasteiger partial charge is 0.495 e. The standard InChI is InChI=1S/C15H17F3N2O4/c1-24-13-7-6-9(20(22)23)8-12(13)19-14(21)10-4-2-3-5-11(10)15(16,17)18/h6-8,10-11H,2-5H2,1H3,(H,19,21)/t10-,11-/m0/s1. The van der Waals surface area contributed by atoms with Crippen LogP contribution in [-0.2, 0) is 4.79 Å². The van der Waals surface area contributed by atoms with Gasteiger partial charge in [0, 0.05) is 18.1 Å². The van der Waals surface area contributed by atoms with E-state index in [0.29, 0.717) is 12.8 Å². The second kappa shape index (κ2) is 7.06. The molecule has 1 saturated carbocycles. The lowest BCUT2D eigenvalue weighted by Gasteiger charge is -2.32. The maximum atomic E-state index is 13.1. The summed E-state index contributed by atoms with van der Waals surface area (Å²) < 4.78 is 44.3. The van der Waals surface area contributed by atoms with Crippen molar-refractivity contribution in [1.29, 1.82) is 0 Å². The monoisotopic (exact) mass is 346 g/mol. The summed E-state index contributed by atoms with van der Waals surface area (Å²) in [7, 11) is 1.30. The third-order valence-corrected chi connectivity index (χ3v) is 4.17. The van der Waals surface area contributed by atoms with Crippen molar-refractivity contribution in [2.75, 3.05) is 12.4 Å². The van der Waals surface area contributed by atoms with Gasteiger partial charge in [-0.05, 0) is 18.9 Å². The van der Waals surface area contributed by atoms with Crippen molar-refractivity contribution in [3.63, 3.8) is 0 Å². The molecule has 1 fully saturated rings. The Hall–Kier alpha value is -2.32. The van der Waals surface area contributed by atoms with Crippen LogP contribution < -0.4 is 10.1 Å². The molecule has 2 rings (SSSR count). The Bertz CT molecular complexity index is 634. The van der Waals surface area contributed by atoms with Gasteiger partial charge in [0.05, 0.1) is 23.6 Å². The molecule has 0 heterocycles. The van der Waals surface area contributed by atoms with Crippen LogP contribution >= 0.6 is 0 Å².